The van der Waals surface area contributed by atoms with Gasteiger partial charge in [-0.2, -0.15) is 5.26 Å². The zero-order valence-electron chi connectivity index (χ0n) is 20.7. The minimum Gasteiger partial charge on any atom is -0.456 e. The SMILES string of the molecule is Cc1ccc(Oc2ccc(CC#N)cc2)c(Cl)c1.Cc1ccc(Oc2ccc(CCN)cc2)c(Cl)c1.Cl.[HH]. The van der Waals surface area contributed by atoms with E-state index in [4.69, 9.17) is 43.7 Å². The number of hydrogen-bond acceptors (Lipinski definition) is 4. The first-order chi connectivity index (χ1) is 17.4. The second-order valence-electron chi connectivity index (χ2n) is 8.23. The molecule has 4 aromatic rings. The molecule has 194 valence electrons. The van der Waals surface area contributed by atoms with Gasteiger partial charge in [0.25, 0.3) is 0 Å². The largest absolute Gasteiger partial charge is 0.456 e. The van der Waals surface area contributed by atoms with Crippen molar-refractivity contribution < 1.29 is 10.9 Å². The Labute approximate surface area is 236 Å². The molecule has 0 spiro atoms. The van der Waals surface area contributed by atoms with Gasteiger partial charge in [-0.15, -0.1) is 12.4 Å². The molecule has 0 fully saturated rings. The molecular formula is C30H31Cl3N2O2. The smallest absolute Gasteiger partial charge is 0.146 e. The van der Waals surface area contributed by atoms with Crippen LogP contribution >= 0.6 is 35.6 Å². The number of nitriles is 1. The number of nitrogens with two attached hydrogens (primary N) is 1. The molecule has 0 radical (unpaired) electrons. The van der Waals surface area contributed by atoms with Gasteiger partial charge in [-0.25, -0.2) is 0 Å². The van der Waals surface area contributed by atoms with Crippen LogP contribution in [-0.4, -0.2) is 6.54 Å². The molecule has 0 aromatic heterocycles. The average molecular weight is 558 g/mol. The van der Waals surface area contributed by atoms with Crippen molar-refractivity contribution in [3.63, 3.8) is 0 Å². The molecule has 4 rings (SSSR count). The molecule has 0 heterocycles. The molecule has 0 saturated heterocycles. The van der Waals surface area contributed by atoms with Crippen LogP contribution in [0.2, 0.25) is 10.0 Å². The Hall–Kier alpha value is -3.20. The van der Waals surface area contributed by atoms with Gasteiger partial charge in [-0.3, -0.25) is 0 Å². The van der Waals surface area contributed by atoms with Crippen molar-refractivity contribution in [2.45, 2.75) is 26.7 Å². The van der Waals surface area contributed by atoms with E-state index in [1.165, 1.54) is 5.56 Å². The summed E-state index contributed by atoms with van der Waals surface area (Å²) in [5, 5.41) is 9.81. The summed E-state index contributed by atoms with van der Waals surface area (Å²) in [6, 6.07) is 28.8. The van der Waals surface area contributed by atoms with Crippen molar-refractivity contribution in [1.82, 2.24) is 0 Å². The fourth-order valence-electron chi connectivity index (χ4n) is 3.29. The fourth-order valence-corrected chi connectivity index (χ4v) is 3.84. The number of hydrogen-bond donors (Lipinski definition) is 1. The highest BCUT2D eigenvalue weighted by atomic mass is 35.5. The molecule has 0 aliphatic rings. The maximum Gasteiger partial charge on any atom is 0.146 e. The molecule has 0 atom stereocenters. The summed E-state index contributed by atoms with van der Waals surface area (Å²) in [5.74, 6) is 2.80. The Morgan fingerprint density at radius 1 is 0.730 bits per heavy atom. The predicted octanol–water partition coefficient (Wildman–Crippen LogP) is 9.12. The van der Waals surface area contributed by atoms with Gasteiger partial charge in [0, 0.05) is 1.43 Å². The number of nitrogens with zero attached hydrogens (tertiary/aromatic N) is 1. The van der Waals surface area contributed by atoms with Gasteiger partial charge in [-0.05, 0) is 97.6 Å². The first kappa shape index (κ1) is 30.0. The Morgan fingerprint density at radius 3 is 1.54 bits per heavy atom. The molecule has 0 amide bonds. The van der Waals surface area contributed by atoms with Gasteiger partial charge in [0.1, 0.15) is 23.0 Å². The Bertz CT molecular complexity index is 1330. The molecule has 0 aliphatic heterocycles. The molecular weight excluding hydrogens is 527 g/mol. The van der Waals surface area contributed by atoms with E-state index in [-0.39, 0.29) is 13.8 Å². The number of aryl methyl sites for hydroxylation is 2. The molecule has 4 nitrogen and oxygen atoms in total. The summed E-state index contributed by atoms with van der Waals surface area (Å²) in [5.41, 5.74) is 9.90. The van der Waals surface area contributed by atoms with Crippen LogP contribution in [0.3, 0.4) is 0 Å². The van der Waals surface area contributed by atoms with E-state index in [9.17, 15) is 0 Å². The lowest BCUT2D eigenvalue weighted by molar-refractivity contribution is 0.482. The van der Waals surface area contributed by atoms with Crippen LogP contribution in [0.5, 0.6) is 23.0 Å². The summed E-state index contributed by atoms with van der Waals surface area (Å²) >= 11 is 12.2. The van der Waals surface area contributed by atoms with Crippen LogP contribution in [0.1, 0.15) is 23.7 Å². The third-order valence-corrected chi connectivity index (χ3v) is 5.78. The van der Waals surface area contributed by atoms with Crippen LogP contribution < -0.4 is 15.2 Å². The van der Waals surface area contributed by atoms with Gasteiger partial charge in [0.15, 0.2) is 0 Å². The van der Waals surface area contributed by atoms with E-state index >= 15 is 0 Å². The number of benzene rings is 4. The zero-order valence-corrected chi connectivity index (χ0v) is 23.0. The lowest BCUT2D eigenvalue weighted by Gasteiger charge is -2.08. The van der Waals surface area contributed by atoms with E-state index in [2.05, 4.69) is 6.07 Å². The summed E-state index contributed by atoms with van der Waals surface area (Å²) in [7, 11) is 0. The molecule has 0 aliphatic carbocycles. The zero-order chi connectivity index (χ0) is 25.9. The van der Waals surface area contributed by atoms with E-state index < -0.39 is 0 Å². The van der Waals surface area contributed by atoms with Gasteiger partial charge >= 0.3 is 0 Å². The van der Waals surface area contributed by atoms with Crippen LogP contribution in [0, 0.1) is 25.2 Å². The van der Waals surface area contributed by atoms with Gasteiger partial charge in [-0.1, -0.05) is 59.6 Å². The number of ether oxygens (including phenoxy) is 2. The first-order valence-electron chi connectivity index (χ1n) is 11.5. The molecule has 4 aromatic carbocycles. The van der Waals surface area contributed by atoms with Crippen LogP contribution in [0.25, 0.3) is 0 Å². The summed E-state index contributed by atoms with van der Waals surface area (Å²) < 4.78 is 11.4. The van der Waals surface area contributed by atoms with Crippen molar-refractivity contribution in [3.05, 3.63) is 117 Å². The molecule has 0 saturated carbocycles. The highest BCUT2D eigenvalue weighted by Gasteiger charge is 2.04. The highest BCUT2D eigenvalue weighted by molar-refractivity contribution is 6.32. The quantitative estimate of drug-likeness (QED) is 0.246. The van der Waals surface area contributed by atoms with E-state index in [0.717, 1.165) is 28.9 Å². The average Bonchev–Trinajstić information content (AvgIpc) is 2.86. The summed E-state index contributed by atoms with van der Waals surface area (Å²) in [6.45, 7) is 4.63. The lowest BCUT2D eigenvalue weighted by Crippen LogP contribution is -2.02. The molecule has 0 unspecified atom stereocenters. The van der Waals surface area contributed by atoms with Crippen molar-refractivity contribution in [3.8, 4) is 29.1 Å². The van der Waals surface area contributed by atoms with Gasteiger partial charge in [0.2, 0.25) is 0 Å². The van der Waals surface area contributed by atoms with Crippen molar-refractivity contribution in [2.75, 3.05) is 6.54 Å². The predicted molar refractivity (Wildman–Crippen MR) is 157 cm³/mol. The van der Waals surface area contributed by atoms with Crippen LogP contribution in [0.15, 0.2) is 84.9 Å². The van der Waals surface area contributed by atoms with E-state index in [0.29, 0.717) is 40.3 Å². The second-order valence-corrected chi connectivity index (χ2v) is 9.05. The van der Waals surface area contributed by atoms with Crippen molar-refractivity contribution in [2.24, 2.45) is 5.73 Å². The third-order valence-electron chi connectivity index (χ3n) is 5.19. The standard InChI is InChI=1S/C15H16ClNO.C15H12ClNO.ClH.H2/c2*1-11-2-7-15(14(16)10-11)18-13-5-3-12(4-6-13)8-9-17;;/h2-7,10H,8-9,17H2,1H3;2-7,10H,8H2,1H3;2*1H. The van der Waals surface area contributed by atoms with E-state index in [1.807, 2.05) is 98.8 Å². The Morgan fingerprint density at radius 2 is 1.16 bits per heavy atom. The number of rotatable bonds is 7. The van der Waals surface area contributed by atoms with Crippen molar-refractivity contribution in [1.29, 1.82) is 5.26 Å². The molecule has 37 heavy (non-hydrogen) atoms. The first-order valence-corrected chi connectivity index (χ1v) is 12.3. The number of halogens is 3. The maximum atomic E-state index is 8.59. The fraction of sp³-hybridized carbons (Fsp3) is 0.167. The maximum absolute atomic E-state index is 8.59. The minimum absolute atomic E-state index is 0. The van der Waals surface area contributed by atoms with Crippen LogP contribution in [-0.2, 0) is 12.8 Å². The molecule has 2 N–H and O–H groups in total. The molecule has 7 heteroatoms. The monoisotopic (exact) mass is 556 g/mol. The lowest BCUT2D eigenvalue weighted by atomic mass is 10.1. The van der Waals surface area contributed by atoms with Crippen LogP contribution in [0.4, 0.5) is 0 Å². The third kappa shape index (κ3) is 9.64. The highest BCUT2D eigenvalue weighted by Crippen LogP contribution is 2.31. The Balaban J connectivity index is 0.000000361. The summed E-state index contributed by atoms with van der Waals surface area (Å²) in [6.07, 6.45) is 1.29. The summed E-state index contributed by atoms with van der Waals surface area (Å²) in [4.78, 5) is 0. The Kier molecular flexibility index (Phi) is 12.3. The van der Waals surface area contributed by atoms with E-state index in [1.54, 1.807) is 0 Å². The van der Waals surface area contributed by atoms with Gasteiger partial charge < -0.3 is 15.2 Å². The normalized spacial score (nSPS) is 9.84. The topological polar surface area (TPSA) is 68.3 Å². The van der Waals surface area contributed by atoms with Crippen molar-refractivity contribution >= 4 is 35.6 Å². The minimum atomic E-state index is 0. The van der Waals surface area contributed by atoms with Gasteiger partial charge in [0.05, 0.1) is 22.5 Å². The second kappa shape index (κ2) is 15.1. The molecule has 0 bridgehead atoms.